The van der Waals surface area contributed by atoms with Crippen LogP contribution in [0.4, 0.5) is 9.18 Å². The molecule has 12 heteroatoms. The number of rotatable bonds is 8. The molecule has 256 valence electrons. The van der Waals surface area contributed by atoms with Crippen molar-refractivity contribution in [3.63, 3.8) is 0 Å². The summed E-state index contributed by atoms with van der Waals surface area (Å²) in [5.41, 5.74) is 8.89. The number of carbonyl (C=O) groups is 2. The fraction of sp³-hybridized carbons (Fsp3) is 0.405. The van der Waals surface area contributed by atoms with Crippen LogP contribution in [0.1, 0.15) is 78.6 Å². The van der Waals surface area contributed by atoms with Gasteiger partial charge in [-0.15, -0.1) is 11.8 Å². The van der Waals surface area contributed by atoms with Crippen LogP contribution < -0.4 is 16.6 Å². The van der Waals surface area contributed by atoms with Gasteiger partial charge in [0.15, 0.2) is 5.60 Å². The van der Waals surface area contributed by atoms with Crippen molar-refractivity contribution in [1.82, 2.24) is 14.9 Å². The minimum Gasteiger partial charge on any atom is -0.458 e. The number of amides is 1. The molecule has 4 aromatic rings. The van der Waals surface area contributed by atoms with Crippen LogP contribution in [0.5, 0.6) is 0 Å². The smallest absolute Gasteiger partial charge is 0.407 e. The normalized spacial score (nSPS) is 19.2. The molecule has 4 N–H and O–H groups in total. The summed E-state index contributed by atoms with van der Waals surface area (Å²) in [4.78, 5) is 45.7. The van der Waals surface area contributed by atoms with Gasteiger partial charge in [-0.1, -0.05) is 32.9 Å². The number of pyridine rings is 2. The lowest BCUT2D eigenvalue weighted by Gasteiger charge is -2.31. The third kappa shape index (κ3) is 5.59. The molecule has 0 fully saturated rings. The number of aromatic nitrogens is 2. The van der Waals surface area contributed by atoms with E-state index in [9.17, 15) is 19.5 Å². The second kappa shape index (κ2) is 12.3. The Balaban J connectivity index is 1.20. The van der Waals surface area contributed by atoms with Crippen molar-refractivity contribution in [2.45, 2.75) is 83.3 Å². The summed E-state index contributed by atoms with van der Waals surface area (Å²) in [6.45, 7) is 8.24. The lowest BCUT2D eigenvalue weighted by atomic mass is 9.81. The van der Waals surface area contributed by atoms with Crippen LogP contribution in [0, 0.1) is 18.2 Å². The highest BCUT2D eigenvalue weighted by Gasteiger charge is 2.46. The maximum absolute atomic E-state index is 15.2. The molecule has 0 saturated carbocycles. The summed E-state index contributed by atoms with van der Waals surface area (Å²) < 4.78 is 27.6. The molecule has 0 bridgehead atoms. The second-order valence-electron chi connectivity index (χ2n) is 13.9. The fourth-order valence-corrected chi connectivity index (χ4v) is 8.06. The van der Waals surface area contributed by atoms with Crippen molar-refractivity contribution in [1.29, 1.82) is 0 Å². The van der Waals surface area contributed by atoms with E-state index in [1.807, 2.05) is 24.3 Å². The Morgan fingerprint density at radius 1 is 1.22 bits per heavy atom. The van der Waals surface area contributed by atoms with Crippen molar-refractivity contribution in [2.75, 3.05) is 12.3 Å². The number of halogens is 1. The predicted octanol–water partition coefficient (Wildman–Crippen LogP) is 5.52. The summed E-state index contributed by atoms with van der Waals surface area (Å²) >= 11 is 1.73. The van der Waals surface area contributed by atoms with Gasteiger partial charge >= 0.3 is 12.1 Å². The molecule has 4 heterocycles. The zero-order chi connectivity index (χ0) is 34.8. The Bertz CT molecular complexity index is 2100. The third-order valence-corrected chi connectivity index (χ3v) is 11.7. The molecule has 2 aromatic heterocycles. The minimum absolute atomic E-state index is 0.0170. The van der Waals surface area contributed by atoms with Crippen molar-refractivity contribution in [2.24, 2.45) is 11.1 Å². The van der Waals surface area contributed by atoms with E-state index in [0.29, 0.717) is 41.9 Å². The number of nitrogens with zero attached hydrogens (tertiary/aromatic N) is 2. The zero-order valence-corrected chi connectivity index (χ0v) is 28.8. The molecule has 0 spiro atoms. The number of nitrogens with one attached hydrogen (secondary N) is 1. The third-order valence-electron chi connectivity index (χ3n) is 10.1. The van der Waals surface area contributed by atoms with E-state index in [4.69, 9.17) is 20.2 Å². The lowest BCUT2D eigenvalue weighted by molar-refractivity contribution is -0.172. The largest absolute Gasteiger partial charge is 0.458 e. The Morgan fingerprint density at radius 3 is 2.69 bits per heavy atom. The Labute approximate surface area is 287 Å². The zero-order valence-electron chi connectivity index (χ0n) is 27.9. The molecule has 1 amide bonds. The van der Waals surface area contributed by atoms with Gasteiger partial charge in [0.1, 0.15) is 19.0 Å². The van der Waals surface area contributed by atoms with Crippen molar-refractivity contribution in [3.05, 3.63) is 91.5 Å². The number of nitrogens with two attached hydrogens (primary N) is 1. The quantitative estimate of drug-likeness (QED) is 0.142. The number of aryl methyl sites for hydroxylation is 1. The van der Waals surface area contributed by atoms with Gasteiger partial charge < -0.3 is 30.2 Å². The molecule has 0 saturated heterocycles. The molecule has 2 aromatic carbocycles. The van der Waals surface area contributed by atoms with Crippen molar-refractivity contribution >= 4 is 34.7 Å². The van der Waals surface area contributed by atoms with Gasteiger partial charge in [0, 0.05) is 33.2 Å². The first-order chi connectivity index (χ1) is 23.3. The number of carbonyl (C=O) groups excluding carboxylic acids is 2. The van der Waals surface area contributed by atoms with E-state index in [1.165, 1.54) is 6.07 Å². The molecule has 10 nitrogen and oxygen atoms in total. The standard InChI is InChI=1S/C37H39FN4O6S/c1-5-37(46)25-12-29-32-23(14-42(29)33(43)24(25)16-47-34(37)44)31-27(11-10-22-19(2)26(38)13-28(40-32)30(22)31)41-35(45)48-15-20-6-8-21(9-7-20)49-18-36(3,4)17-39/h6-9,12-13,27,46H,5,10-11,14-18,39H2,1-4H3,(H,41,45)/t27-,37-/m0/s1. The molecule has 2 atom stereocenters. The summed E-state index contributed by atoms with van der Waals surface area (Å²) in [5, 5.41) is 15.1. The number of fused-ring (bicyclic) bond motifs is 5. The minimum atomic E-state index is -1.97. The molecule has 49 heavy (non-hydrogen) atoms. The maximum Gasteiger partial charge on any atom is 0.407 e. The Kier molecular flexibility index (Phi) is 8.32. The SMILES string of the molecule is CC[C@@]1(O)C(=O)OCc2c1cc1n(c2=O)Cc2c-1nc1cc(F)c(C)c3c1c2[C@@H](NC(=O)OCc1ccc(SCC(C)(C)CN)cc1)CC3. The number of esters is 1. The van der Waals surface area contributed by atoms with Gasteiger partial charge in [-0.05, 0) is 78.6 Å². The van der Waals surface area contributed by atoms with E-state index in [2.05, 4.69) is 19.2 Å². The second-order valence-corrected chi connectivity index (χ2v) is 15.0. The summed E-state index contributed by atoms with van der Waals surface area (Å²) in [6.07, 6.45) is 0.426. The van der Waals surface area contributed by atoms with Crippen molar-refractivity contribution < 1.29 is 28.6 Å². The highest BCUT2D eigenvalue weighted by atomic mass is 32.2. The van der Waals surface area contributed by atoms with E-state index in [1.54, 1.807) is 36.2 Å². The number of ether oxygens (including phenoxy) is 2. The molecule has 1 aliphatic carbocycles. The van der Waals surface area contributed by atoms with E-state index < -0.39 is 29.3 Å². The van der Waals surface area contributed by atoms with Crippen molar-refractivity contribution in [3.8, 4) is 11.4 Å². The number of benzene rings is 2. The van der Waals surface area contributed by atoms with Gasteiger partial charge in [0.25, 0.3) is 5.56 Å². The van der Waals surface area contributed by atoms with Gasteiger partial charge in [0.05, 0.1) is 35.1 Å². The first-order valence-electron chi connectivity index (χ1n) is 16.5. The number of hydrogen-bond donors (Lipinski definition) is 3. The number of aliphatic hydroxyl groups is 1. The van der Waals surface area contributed by atoms with E-state index in [0.717, 1.165) is 38.3 Å². The van der Waals surface area contributed by atoms with E-state index in [-0.39, 0.29) is 48.5 Å². The lowest BCUT2D eigenvalue weighted by Crippen LogP contribution is -2.44. The molecule has 0 unspecified atom stereocenters. The van der Waals surface area contributed by atoms with Crippen LogP contribution in [0.15, 0.2) is 46.1 Å². The van der Waals surface area contributed by atoms with Gasteiger partial charge in [-0.2, -0.15) is 0 Å². The number of hydrogen-bond acceptors (Lipinski definition) is 9. The van der Waals surface area contributed by atoms with Crippen LogP contribution in [-0.2, 0) is 46.0 Å². The molecule has 3 aliphatic rings. The first kappa shape index (κ1) is 33.2. The molecule has 7 rings (SSSR count). The van der Waals surface area contributed by atoms with Crippen LogP contribution in [-0.4, -0.2) is 39.0 Å². The summed E-state index contributed by atoms with van der Waals surface area (Å²) in [6, 6.07) is 10.4. The molecular formula is C37H39FN4O6S. The van der Waals surface area contributed by atoms with Crippen LogP contribution >= 0.6 is 11.8 Å². The molecule has 2 aliphatic heterocycles. The topological polar surface area (TPSA) is 146 Å². The predicted molar refractivity (Wildman–Crippen MR) is 184 cm³/mol. The number of alkyl carbamates (subject to hydrolysis) is 1. The number of thioether (sulfide) groups is 1. The average molecular weight is 687 g/mol. The van der Waals surface area contributed by atoms with Gasteiger partial charge in [-0.25, -0.2) is 19.0 Å². The molecular weight excluding hydrogens is 647 g/mol. The fourth-order valence-electron chi connectivity index (χ4n) is 7.05. The van der Waals surface area contributed by atoms with Crippen LogP contribution in [0.25, 0.3) is 22.3 Å². The molecule has 0 radical (unpaired) electrons. The van der Waals surface area contributed by atoms with Crippen LogP contribution in [0.3, 0.4) is 0 Å². The Morgan fingerprint density at radius 2 is 1.98 bits per heavy atom. The number of cyclic esters (lactones) is 1. The summed E-state index contributed by atoms with van der Waals surface area (Å²) in [5.74, 6) is -0.303. The highest BCUT2D eigenvalue weighted by molar-refractivity contribution is 7.99. The van der Waals surface area contributed by atoms with E-state index >= 15 is 4.39 Å². The maximum atomic E-state index is 15.2. The highest BCUT2D eigenvalue weighted by Crippen LogP contribution is 2.46. The van der Waals surface area contributed by atoms with Gasteiger partial charge in [-0.3, -0.25) is 4.79 Å². The summed E-state index contributed by atoms with van der Waals surface area (Å²) in [7, 11) is 0. The van der Waals surface area contributed by atoms with Crippen LogP contribution in [0.2, 0.25) is 0 Å². The Hall–Kier alpha value is -4.26. The first-order valence-corrected chi connectivity index (χ1v) is 17.5. The monoisotopic (exact) mass is 686 g/mol. The van der Waals surface area contributed by atoms with Gasteiger partial charge in [0.2, 0.25) is 0 Å². The average Bonchev–Trinajstić information content (AvgIpc) is 3.46.